The van der Waals surface area contributed by atoms with Crippen LogP contribution in [0.3, 0.4) is 0 Å². The highest BCUT2D eigenvalue weighted by molar-refractivity contribution is 7.80. The van der Waals surface area contributed by atoms with Gasteiger partial charge in [0.2, 0.25) is 0 Å². The number of fused-ring (bicyclic) bond motifs is 1. The maximum absolute atomic E-state index is 13.5. The number of nitrogens with zero attached hydrogens (tertiary/aromatic N) is 2. The lowest BCUT2D eigenvalue weighted by atomic mass is 9.78. The van der Waals surface area contributed by atoms with Crippen LogP contribution in [0.2, 0.25) is 0 Å². The van der Waals surface area contributed by atoms with Gasteiger partial charge >= 0.3 is 0 Å². The number of anilines is 2. The Kier molecular flexibility index (Phi) is 6.15. The molecule has 1 N–H and O–H groups in total. The van der Waals surface area contributed by atoms with E-state index in [4.69, 9.17) is 12.2 Å². The first-order chi connectivity index (χ1) is 15.9. The molecule has 6 heteroatoms. The number of amides is 2. The van der Waals surface area contributed by atoms with Crippen molar-refractivity contribution < 1.29 is 9.59 Å². The van der Waals surface area contributed by atoms with Gasteiger partial charge < -0.3 is 4.90 Å². The van der Waals surface area contributed by atoms with Gasteiger partial charge in [0, 0.05) is 17.3 Å². The predicted molar refractivity (Wildman–Crippen MR) is 143 cm³/mol. The third-order valence-electron chi connectivity index (χ3n) is 6.82. The highest BCUT2D eigenvalue weighted by atomic mass is 32.1. The summed E-state index contributed by atoms with van der Waals surface area (Å²) >= 11 is 5.37. The zero-order valence-electron chi connectivity index (χ0n) is 21.0. The Morgan fingerprint density at radius 2 is 1.76 bits per heavy atom. The van der Waals surface area contributed by atoms with Crippen molar-refractivity contribution in [2.75, 3.05) is 9.80 Å². The molecule has 0 saturated carbocycles. The molecule has 34 heavy (non-hydrogen) atoms. The van der Waals surface area contributed by atoms with E-state index in [1.807, 2.05) is 38.1 Å². The Morgan fingerprint density at radius 3 is 2.41 bits per heavy atom. The maximum Gasteiger partial charge on any atom is 0.270 e. The van der Waals surface area contributed by atoms with Crippen molar-refractivity contribution in [3.63, 3.8) is 0 Å². The van der Waals surface area contributed by atoms with Crippen LogP contribution in [0.4, 0.5) is 11.4 Å². The van der Waals surface area contributed by atoms with Gasteiger partial charge in [-0.2, -0.15) is 0 Å². The monoisotopic (exact) mass is 475 g/mol. The van der Waals surface area contributed by atoms with Crippen LogP contribution in [0, 0.1) is 13.8 Å². The van der Waals surface area contributed by atoms with Crippen LogP contribution in [0.1, 0.15) is 69.2 Å². The van der Waals surface area contributed by atoms with Gasteiger partial charge in [-0.25, -0.2) is 0 Å². The molecule has 0 radical (unpaired) electrons. The van der Waals surface area contributed by atoms with E-state index in [2.05, 4.69) is 57.0 Å². The average molecular weight is 476 g/mol. The number of thiocarbonyl (C=S) groups is 1. The van der Waals surface area contributed by atoms with Crippen LogP contribution in [0.5, 0.6) is 0 Å². The van der Waals surface area contributed by atoms with Crippen molar-refractivity contribution in [1.82, 2.24) is 5.32 Å². The molecule has 2 aromatic rings. The van der Waals surface area contributed by atoms with Gasteiger partial charge in [-0.15, -0.1) is 0 Å². The minimum Gasteiger partial charge on any atom is -0.364 e. The number of aryl methyl sites for hydroxylation is 2. The van der Waals surface area contributed by atoms with E-state index in [0.29, 0.717) is 17.6 Å². The fourth-order valence-corrected chi connectivity index (χ4v) is 5.91. The van der Waals surface area contributed by atoms with Gasteiger partial charge in [0.25, 0.3) is 11.8 Å². The zero-order valence-corrected chi connectivity index (χ0v) is 21.8. The van der Waals surface area contributed by atoms with Crippen molar-refractivity contribution in [2.24, 2.45) is 0 Å². The second-order valence-corrected chi connectivity index (χ2v) is 10.8. The largest absolute Gasteiger partial charge is 0.364 e. The molecule has 1 fully saturated rings. The lowest BCUT2D eigenvalue weighted by Crippen LogP contribution is -2.54. The van der Waals surface area contributed by atoms with Crippen LogP contribution >= 0.6 is 12.2 Å². The molecule has 2 aromatic carbocycles. The van der Waals surface area contributed by atoms with Crippen molar-refractivity contribution in [2.45, 2.75) is 72.4 Å². The highest BCUT2D eigenvalue weighted by Crippen LogP contribution is 2.44. The first kappa shape index (κ1) is 24.1. The SMILES string of the molecule is Cc1ccc(N2C(=O)/C(=C/c3ccc4c(c3)C(C)CC(C)(C)N4C(C)C)C(=O)NC2=S)c(C)c1. The molecule has 0 spiro atoms. The molecule has 1 saturated heterocycles. The summed E-state index contributed by atoms with van der Waals surface area (Å²) in [4.78, 5) is 30.1. The molecule has 2 amide bonds. The van der Waals surface area contributed by atoms with Gasteiger partial charge in [-0.1, -0.05) is 30.7 Å². The fourth-order valence-electron chi connectivity index (χ4n) is 5.64. The molecule has 2 aliphatic heterocycles. The molecule has 0 aliphatic carbocycles. The first-order valence-corrected chi connectivity index (χ1v) is 12.2. The molecule has 1 unspecified atom stereocenters. The molecule has 2 heterocycles. The number of carbonyl (C=O) groups is 2. The summed E-state index contributed by atoms with van der Waals surface area (Å²) in [6.45, 7) is 15.2. The molecule has 0 bridgehead atoms. The van der Waals surface area contributed by atoms with E-state index in [1.54, 1.807) is 6.08 Å². The number of rotatable bonds is 3. The summed E-state index contributed by atoms with van der Waals surface area (Å²) in [6, 6.07) is 12.4. The van der Waals surface area contributed by atoms with Crippen molar-refractivity contribution in [1.29, 1.82) is 0 Å². The van der Waals surface area contributed by atoms with E-state index in [1.165, 1.54) is 16.2 Å². The standard InChI is InChI=1S/C28H33N3O2S/c1-16(2)31-24-11-9-20(13-21(24)19(5)15-28(31,6)7)14-22-25(32)29-27(34)30(26(22)33)23-10-8-17(3)12-18(23)4/h8-14,16,19H,15H2,1-7H3,(H,29,32,34)/b22-14+. The Labute approximate surface area is 207 Å². The highest BCUT2D eigenvalue weighted by Gasteiger charge is 2.38. The molecular weight excluding hydrogens is 442 g/mol. The van der Waals surface area contributed by atoms with Crippen LogP contribution in [-0.4, -0.2) is 28.5 Å². The summed E-state index contributed by atoms with van der Waals surface area (Å²) in [7, 11) is 0. The van der Waals surface area contributed by atoms with E-state index in [9.17, 15) is 9.59 Å². The number of carbonyl (C=O) groups excluding carboxylic acids is 2. The molecule has 4 rings (SSSR count). The Bertz CT molecular complexity index is 1230. The second kappa shape index (κ2) is 8.66. The minimum atomic E-state index is -0.466. The minimum absolute atomic E-state index is 0.0574. The number of nitrogens with one attached hydrogen (secondary N) is 1. The topological polar surface area (TPSA) is 52.7 Å². The van der Waals surface area contributed by atoms with Crippen LogP contribution in [0.25, 0.3) is 6.08 Å². The Morgan fingerprint density at radius 1 is 1.09 bits per heavy atom. The van der Waals surface area contributed by atoms with Gasteiger partial charge in [-0.3, -0.25) is 19.8 Å². The van der Waals surface area contributed by atoms with E-state index >= 15 is 0 Å². The van der Waals surface area contributed by atoms with Crippen LogP contribution < -0.4 is 15.1 Å². The molecule has 178 valence electrons. The van der Waals surface area contributed by atoms with Gasteiger partial charge in [0.15, 0.2) is 5.11 Å². The molecule has 1 atom stereocenters. The van der Waals surface area contributed by atoms with Gasteiger partial charge in [-0.05, 0) is 107 Å². The number of benzene rings is 2. The average Bonchev–Trinajstić information content (AvgIpc) is 2.72. The third kappa shape index (κ3) is 4.16. The molecule has 5 nitrogen and oxygen atoms in total. The normalized spacial score (nSPS) is 21.2. The molecular formula is C28H33N3O2S. The van der Waals surface area contributed by atoms with Crippen molar-refractivity contribution in [3.8, 4) is 0 Å². The van der Waals surface area contributed by atoms with Crippen molar-refractivity contribution >= 4 is 46.6 Å². The fraction of sp³-hybridized carbons (Fsp3) is 0.393. The third-order valence-corrected chi connectivity index (χ3v) is 7.11. The van der Waals surface area contributed by atoms with Crippen LogP contribution in [0.15, 0.2) is 42.0 Å². The summed E-state index contributed by atoms with van der Waals surface area (Å²) in [5.41, 5.74) is 6.14. The van der Waals surface area contributed by atoms with Crippen molar-refractivity contribution in [3.05, 3.63) is 64.2 Å². The molecule has 0 aromatic heterocycles. The summed E-state index contributed by atoms with van der Waals surface area (Å²) in [5, 5.41) is 2.80. The zero-order chi connectivity index (χ0) is 24.9. The first-order valence-electron chi connectivity index (χ1n) is 11.8. The Balaban J connectivity index is 1.75. The number of hydrogen-bond donors (Lipinski definition) is 1. The van der Waals surface area contributed by atoms with Gasteiger partial charge in [0.1, 0.15) is 5.57 Å². The summed E-state index contributed by atoms with van der Waals surface area (Å²) in [5.74, 6) is -0.503. The second-order valence-electron chi connectivity index (χ2n) is 10.4. The number of hydrogen-bond acceptors (Lipinski definition) is 4. The quantitative estimate of drug-likeness (QED) is 0.355. The lowest BCUT2D eigenvalue weighted by molar-refractivity contribution is -0.122. The maximum atomic E-state index is 13.5. The predicted octanol–water partition coefficient (Wildman–Crippen LogP) is 5.64. The smallest absolute Gasteiger partial charge is 0.270 e. The summed E-state index contributed by atoms with van der Waals surface area (Å²) in [6.07, 6.45) is 2.72. The van der Waals surface area contributed by atoms with Crippen LogP contribution in [-0.2, 0) is 9.59 Å². The Hall–Kier alpha value is -2.99. The van der Waals surface area contributed by atoms with E-state index < -0.39 is 11.8 Å². The summed E-state index contributed by atoms with van der Waals surface area (Å²) < 4.78 is 0. The lowest BCUT2D eigenvalue weighted by Gasteiger charge is -2.50. The van der Waals surface area contributed by atoms with E-state index in [0.717, 1.165) is 23.1 Å². The van der Waals surface area contributed by atoms with Gasteiger partial charge in [0.05, 0.1) is 5.69 Å². The molecule has 2 aliphatic rings. The van der Waals surface area contributed by atoms with E-state index in [-0.39, 0.29) is 16.2 Å².